The second-order valence-corrected chi connectivity index (χ2v) is 9.05. The summed E-state index contributed by atoms with van der Waals surface area (Å²) in [5.74, 6) is 0.209. The molecule has 1 heterocycles. The van der Waals surface area contributed by atoms with Crippen LogP contribution >= 0.6 is 35.0 Å². The minimum atomic E-state index is -0.401. The van der Waals surface area contributed by atoms with Crippen molar-refractivity contribution >= 4 is 52.5 Å². The minimum Gasteiger partial charge on any atom is -0.342 e. The van der Waals surface area contributed by atoms with Crippen molar-refractivity contribution in [2.45, 2.75) is 31.6 Å². The Morgan fingerprint density at radius 2 is 1.91 bits per heavy atom. The molecule has 7 nitrogen and oxygen atoms in total. The number of hydrogen-bond acceptors (Lipinski definition) is 5. The van der Waals surface area contributed by atoms with E-state index in [0.29, 0.717) is 38.8 Å². The molecule has 0 bridgehead atoms. The van der Waals surface area contributed by atoms with Crippen LogP contribution in [0.2, 0.25) is 10.0 Å². The molecular formula is C23H23Cl2N5O2S. The number of carbonyl (C=O) groups excluding carboxylic acids is 2. The molecule has 3 rings (SSSR count). The number of nitrogens with zero attached hydrogens (tertiary/aromatic N) is 3. The first-order valence-electron chi connectivity index (χ1n) is 10.1. The SMILES string of the molecule is C=CCn1c(SCC(=O)Nc2ccc(Cl)cc2Cl)nnc1[C@H](C)NC(=O)c1ccc(C)cc1. The number of hydrogen-bond donors (Lipinski definition) is 2. The van der Waals surface area contributed by atoms with Crippen LogP contribution < -0.4 is 10.6 Å². The van der Waals surface area contributed by atoms with Gasteiger partial charge >= 0.3 is 0 Å². The second-order valence-electron chi connectivity index (χ2n) is 7.26. The van der Waals surface area contributed by atoms with E-state index in [0.717, 1.165) is 5.56 Å². The molecule has 0 saturated carbocycles. The molecule has 0 aliphatic rings. The summed E-state index contributed by atoms with van der Waals surface area (Å²) in [6, 6.07) is 11.8. The Kier molecular flexibility index (Phi) is 8.55. The van der Waals surface area contributed by atoms with Crippen LogP contribution in [0, 0.1) is 6.92 Å². The molecule has 2 aromatic carbocycles. The molecule has 1 aromatic heterocycles. The van der Waals surface area contributed by atoms with Gasteiger partial charge in [-0.15, -0.1) is 16.8 Å². The number of anilines is 1. The maximum absolute atomic E-state index is 12.6. The van der Waals surface area contributed by atoms with Crippen LogP contribution in [0.15, 0.2) is 60.3 Å². The van der Waals surface area contributed by atoms with E-state index < -0.39 is 6.04 Å². The van der Waals surface area contributed by atoms with Crippen molar-refractivity contribution in [1.82, 2.24) is 20.1 Å². The predicted molar refractivity (Wildman–Crippen MR) is 133 cm³/mol. The smallest absolute Gasteiger partial charge is 0.251 e. The molecule has 0 spiro atoms. The van der Waals surface area contributed by atoms with Crippen LogP contribution in [0.25, 0.3) is 0 Å². The lowest BCUT2D eigenvalue weighted by Crippen LogP contribution is -2.28. The summed E-state index contributed by atoms with van der Waals surface area (Å²) in [5, 5.41) is 15.5. The largest absolute Gasteiger partial charge is 0.342 e. The maximum Gasteiger partial charge on any atom is 0.251 e. The van der Waals surface area contributed by atoms with E-state index in [2.05, 4.69) is 27.4 Å². The molecule has 10 heteroatoms. The van der Waals surface area contributed by atoms with Gasteiger partial charge in [-0.3, -0.25) is 9.59 Å². The highest BCUT2D eigenvalue weighted by Gasteiger charge is 2.20. The topological polar surface area (TPSA) is 88.9 Å². The standard InChI is InChI=1S/C23H23Cl2N5O2S/c1-4-11-30-21(15(3)26-22(32)16-7-5-14(2)6-8-16)28-29-23(30)33-13-20(31)27-19-10-9-17(24)12-18(19)25/h4-10,12,15H,1,11,13H2,2-3H3,(H,26,32)(H,27,31)/t15-/m0/s1. The van der Waals surface area contributed by atoms with Crippen LogP contribution in [0.3, 0.4) is 0 Å². The van der Waals surface area contributed by atoms with Gasteiger partial charge in [-0.1, -0.05) is 58.7 Å². The first kappa shape index (κ1) is 24.8. The van der Waals surface area contributed by atoms with Crippen LogP contribution in [0.5, 0.6) is 0 Å². The first-order valence-corrected chi connectivity index (χ1v) is 11.8. The number of allylic oxidation sites excluding steroid dienone is 1. The molecule has 0 fully saturated rings. The molecule has 0 aliphatic carbocycles. The van der Waals surface area contributed by atoms with Crippen LogP contribution in [0.4, 0.5) is 5.69 Å². The molecule has 0 aliphatic heterocycles. The van der Waals surface area contributed by atoms with Gasteiger partial charge < -0.3 is 15.2 Å². The summed E-state index contributed by atoms with van der Waals surface area (Å²) < 4.78 is 1.82. The molecular weight excluding hydrogens is 481 g/mol. The van der Waals surface area contributed by atoms with Crippen LogP contribution in [0.1, 0.15) is 34.7 Å². The summed E-state index contributed by atoms with van der Waals surface area (Å²) >= 11 is 13.2. The van der Waals surface area contributed by atoms with Gasteiger partial charge in [-0.25, -0.2) is 0 Å². The second kappa shape index (κ2) is 11.4. The van der Waals surface area contributed by atoms with Gasteiger partial charge in [0.05, 0.1) is 22.5 Å². The first-order chi connectivity index (χ1) is 15.8. The van der Waals surface area contributed by atoms with Gasteiger partial charge in [0, 0.05) is 17.1 Å². The molecule has 0 saturated heterocycles. The van der Waals surface area contributed by atoms with Crippen molar-refractivity contribution in [2.75, 3.05) is 11.1 Å². The Labute approximate surface area is 206 Å². The van der Waals surface area contributed by atoms with Crippen molar-refractivity contribution < 1.29 is 9.59 Å². The van der Waals surface area contributed by atoms with Gasteiger partial charge in [-0.2, -0.15) is 0 Å². The summed E-state index contributed by atoms with van der Waals surface area (Å²) in [4.78, 5) is 25.0. The molecule has 3 aromatic rings. The van der Waals surface area contributed by atoms with Gasteiger partial charge in [0.1, 0.15) is 0 Å². The van der Waals surface area contributed by atoms with E-state index in [4.69, 9.17) is 23.2 Å². The fraction of sp³-hybridized carbons (Fsp3) is 0.217. The normalized spacial score (nSPS) is 11.6. The lowest BCUT2D eigenvalue weighted by Gasteiger charge is -2.15. The number of rotatable bonds is 9. The average Bonchev–Trinajstić information content (AvgIpc) is 3.17. The van der Waals surface area contributed by atoms with Crippen LogP contribution in [-0.4, -0.2) is 32.3 Å². The fourth-order valence-corrected chi connectivity index (χ4v) is 4.20. The highest BCUT2D eigenvalue weighted by atomic mass is 35.5. The highest BCUT2D eigenvalue weighted by molar-refractivity contribution is 7.99. The van der Waals surface area contributed by atoms with Crippen molar-refractivity contribution in [2.24, 2.45) is 0 Å². The zero-order valence-corrected chi connectivity index (χ0v) is 20.5. The zero-order valence-electron chi connectivity index (χ0n) is 18.1. The Morgan fingerprint density at radius 1 is 1.18 bits per heavy atom. The Hall–Kier alpha value is -2.81. The lowest BCUT2D eigenvalue weighted by atomic mass is 10.1. The van der Waals surface area contributed by atoms with E-state index in [1.54, 1.807) is 36.4 Å². The number of aryl methyl sites for hydroxylation is 1. The number of carbonyl (C=O) groups is 2. The zero-order chi connectivity index (χ0) is 24.0. The molecule has 1 atom stereocenters. The molecule has 33 heavy (non-hydrogen) atoms. The van der Waals surface area contributed by atoms with Crippen molar-refractivity contribution in [3.8, 4) is 0 Å². The Morgan fingerprint density at radius 3 is 2.58 bits per heavy atom. The van der Waals surface area contributed by atoms with Crippen molar-refractivity contribution in [3.05, 3.63) is 82.1 Å². The molecule has 0 unspecified atom stereocenters. The summed E-state index contributed by atoms with van der Waals surface area (Å²) in [5.41, 5.74) is 2.12. The van der Waals surface area contributed by atoms with E-state index in [1.165, 1.54) is 11.8 Å². The van der Waals surface area contributed by atoms with E-state index in [-0.39, 0.29) is 17.6 Å². The van der Waals surface area contributed by atoms with Crippen LogP contribution in [-0.2, 0) is 11.3 Å². The molecule has 2 N–H and O–H groups in total. The number of benzene rings is 2. The number of thioether (sulfide) groups is 1. The average molecular weight is 504 g/mol. The minimum absolute atomic E-state index is 0.0956. The Balaban J connectivity index is 1.66. The fourth-order valence-electron chi connectivity index (χ4n) is 2.98. The number of halogens is 2. The van der Waals surface area contributed by atoms with Gasteiger partial charge in [0.25, 0.3) is 5.91 Å². The summed E-state index contributed by atoms with van der Waals surface area (Å²) in [7, 11) is 0. The van der Waals surface area contributed by atoms with E-state index >= 15 is 0 Å². The quantitative estimate of drug-likeness (QED) is 0.305. The third-order valence-corrected chi connectivity index (χ3v) is 6.16. The number of nitrogens with one attached hydrogen (secondary N) is 2. The monoisotopic (exact) mass is 503 g/mol. The van der Waals surface area contributed by atoms with Gasteiger partial charge in [-0.05, 0) is 44.2 Å². The third kappa shape index (κ3) is 6.60. The van der Waals surface area contributed by atoms with Gasteiger partial charge in [0.15, 0.2) is 11.0 Å². The Bertz CT molecular complexity index is 1160. The number of amides is 2. The lowest BCUT2D eigenvalue weighted by molar-refractivity contribution is -0.113. The van der Waals surface area contributed by atoms with E-state index in [1.807, 2.05) is 30.5 Å². The van der Waals surface area contributed by atoms with Crippen molar-refractivity contribution in [1.29, 1.82) is 0 Å². The van der Waals surface area contributed by atoms with Gasteiger partial charge in [0.2, 0.25) is 5.91 Å². The molecule has 0 radical (unpaired) electrons. The maximum atomic E-state index is 12.6. The van der Waals surface area contributed by atoms with Crippen molar-refractivity contribution in [3.63, 3.8) is 0 Å². The van der Waals surface area contributed by atoms with E-state index in [9.17, 15) is 9.59 Å². The highest BCUT2D eigenvalue weighted by Crippen LogP contribution is 2.26. The third-order valence-electron chi connectivity index (χ3n) is 4.64. The number of aromatic nitrogens is 3. The predicted octanol–water partition coefficient (Wildman–Crippen LogP) is 5.30. The molecule has 2 amide bonds. The summed E-state index contributed by atoms with van der Waals surface area (Å²) in [6.07, 6.45) is 1.71. The molecule has 172 valence electrons. The summed E-state index contributed by atoms with van der Waals surface area (Å²) in [6.45, 7) is 8.01.